The van der Waals surface area contributed by atoms with Crippen molar-refractivity contribution >= 4 is 24.4 Å². The zero-order valence-electron chi connectivity index (χ0n) is 16.4. The summed E-state index contributed by atoms with van der Waals surface area (Å²) in [5.41, 5.74) is 5.22. The number of hydrogen-bond donors (Lipinski definition) is 2. The molecular formula is C23H35NS. The van der Waals surface area contributed by atoms with Crippen molar-refractivity contribution < 1.29 is 0 Å². The number of rotatable bonds is 5. The molecule has 0 aliphatic heterocycles. The zero-order chi connectivity index (χ0) is 18.9. The molecule has 0 radical (unpaired) electrons. The number of allylic oxidation sites excluding steroid dienone is 6. The first-order valence-electron chi connectivity index (χ1n) is 9.41. The van der Waals surface area contributed by atoms with Crippen LogP contribution in [-0.4, -0.2) is 12.0 Å². The Morgan fingerprint density at radius 1 is 1.12 bits per heavy atom. The average molecular weight is 358 g/mol. The van der Waals surface area contributed by atoms with Crippen LogP contribution in [0.25, 0.3) is 5.57 Å². The fraction of sp³-hybridized carbons (Fsp3) is 0.435. The molecule has 0 saturated heterocycles. The SMILES string of the molecule is CC/C(C=N)=C/CC1=CC(c2ccccc2)=CCC1.CCC.CCS. The van der Waals surface area contributed by atoms with Gasteiger partial charge in [-0.15, -0.1) is 0 Å². The standard InChI is InChI=1S/C18H21N.C3H8.C2H6S/c1-2-15(14-19)11-12-16-7-6-10-18(13-16)17-8-4-3-5-9-17;1-3-2;1-2-3/h3-5,8-11,13-14,19H,2,6-7,12H2,1H3;3H2,1-2H3;3H,2H2,1H3/b15-11-,19-14?;;. The van der Waals surface area contributed by atoms with Gasteiger partial charge in [-0.25, -0.2) is 0 Å². The van der Waals surface area contributed by atoms with E-state index >= 15 is 0 Å². The molecule has 1 aromatic carbocycles. The van der Waals surface area contributed by atoms with Crippen LogP contribution in [-0.2, 0) is 0 Å². The van der Waals surface area contributed by atoms with Crippen molar-refractivity contribution in [1.29, 1.82) is 5.41 Å². The third kappa shape index (κ3) is 10.8. The quantitative estimate of drug-likeness (QED) is 0.402. The van der Waals surface area contributed by atoms with E-state index in [0.29, 0.717) is 0 Å². The van der Waals surface area contributed by atoms with Crippen LogP contribution in [0.4, 0.5) is 0 Å². The lowest BCUT2D eigenvalue weighted by Gasteiger charge is -2.13. The molecule has 2 rings (SSSR count). The van der Waals surface area contributed by atoms with E-state index in [2.05, 4.69) is 82.0 Å². The van der Waals surface area contributed by atoms with E-state index in [1.54, 1.807) is 0 Å². The van der Waals surface area contributed by atoms with Crippen LogP contribution in [0.1, 0.15) is 65.4 Å². The van der Waals surface area contributed by atoms with Crippen LogP contribution in [0.15, 0.2) is 59.7 Å². The first-order valence-corrected chi connectivity index (χ1v) is 10.0. The van der Waals surface area contributed by atoms with Gasteiger partial charge in [0.25, 0.3) is 0 Å². The minimum Gasteiger partial charge on any atom is -0.308 e. The number of hydrogen-bond acceptors (Lipinski definition) is 2. The van der Waals surface area contributed by atoms with Crippen molar-refractivity contribution in [3.05, 3.63) is 65.3 Å². The number of benzene rings is 1. The molecule has 0 bridgehead atoms. The number of thiol groups is 1. The molecule has 0 aromatic heterocycles. The van der Waals surface area contributed by atoms with Gasteiger partial charge >= 0.3 is 0 Å². The Morgan fingerprint density at radius 2 is 1.72 bits per heavy atom. The third-order valence-corrected chi connectivity index (χ3v) is 3.52. The average Bonchev–Trinajstić information content (AvgIpc) is 2.65. The lowest BCUT2D eigenvalue weighted by molar-refractivity contribution is 0.924. The van der Waals surface area contributed by atoms with Gasteiger partial charge in [0.1, 0.15) is 0 Å². The number of nitrogens with one attached hydrogen (secondary N) is 1. The third-order valence-electron chi connectivity index (χ3n) is 3.52. The van der Waals surface area contributed by atoms with E-state index in [4.69, 9.17) is 5.41 Å². The van der Waals surface area contributed by atoms with Gasteiger partial charge in [0.2, 0.25) is 0 Å². The van der Waals surface area contributed by atoms with Gasteiger partial charge < -0.3 is 5.41 Å². The fourth-order valence-electron chi connectivity index (χ4n) is 2.32. The fourth-order valence-corrected chi connectivity index (χ4v) is 2.32. The van der Waals surface area contributed by atoms with Crippen molar-refractivity contribution in [2.45, 2.75) is 59.8 Å². The van der Waals surface area contributed by atoms with Crippen LogP contribution in [0, 0.1) is 5.41 Å². The summed E-state index contributed by atoms with van der Waals surface area (Å²) in [6.45, 7) is 8.34. The second-order valence-corrected chi connectivity index (χ2v) is 6.50. The van der Waals surface area contributed by atoms with Crippen molar-refractivity contribution in [2.24, 2.45) is 0 Å². The molecule has 1 nitrogen and oxygen atoms in total. The molecule has 1 aliphatic rings. The Morgan fingerprint density at radius 3 is 2.24 bits per heavy atom. The van der Waals surface area contributed by atoms with Crippen molar-refractivity contribution in [3.63, 3.8) is 0 Å². The molecule has 0 amide bonds. The van der Waals surface area contributed by atoms with Gasteiger partial charge in [0.15, 0.2) is 0 Å². The molecule has 0 unspecified atom stereocenters. The molecule has 0 heterocycles. The van der Waals surface area contributed by atoms with Gasteiger partial charge in [0.05, 0.1) is 0 Å². The van der Waals surface area contributed by atoms with E-state index < -0.39 is 0 Å². The second kappa shape index (κ2) is 16.0. The zero-order valence-corrected chi connectivity index (χ0v) is 17.3. The summed E-state index contributed by atoms with van der Waals surface area (Å²) in [5.74, 6) is 0.944. The van der Waals surface area contributed by atoms with E-state index in [1.165, 1.54) is 29.3 Å². The Hall–Kier alpha value is -1.54. The van der Waals surface area contributed by atoms with Crippen LogP contribution >= 0.6 is 12.6 Å². The van der Waals surface area contributed by atoms with Gasteiger partial charge in [0, 0.05) is 6.21 Å². The molecule has 0 saturated carbocycles. The highest BCUT2D eigenvalue weighted by molar-refractivity contribution is 7.80. The first-order chi connectivity index (χ1) is 12.2. The topological polar surface area (TPSA) is 23.9 Å². The Labute approximate surface area is 160 Å². The Balaban J connectivity index is 0.000000844. The van der Waals surface area contributed by atoms with E-state index in [0.717, 1.165) is 37.0 Å². The molecule has 1 aliphatic carbocycles. The molecular weight excluding hydrogens is 322 g/mol. The van der Waals surface area contributed by atoms with Crippen LogP contribution in [0.3, 0.4) is 0 Å². The summed E-state index contributed by atoms with van der Waals surface area (Å²) in [6, 6.07) is 10.6. The maximum absolute atomic E-state index is 7.33. The van der Waals surface area contributed by atoms with Crippen LogP contribution in [0.5, 0.6) is 0 Å². The highest BCUT2D eigenvalue weighted by atomic mass is 32.1. The van der Waals surface area contributed by atoms with E-state index in [-0.39, 0.29) is 0 Å². The van der Waals surface area contributed by atoms with Crippen molar-refractivity contribution in [2.75, 3.05) is 5.75 Å². The monoisotopic (exact) mass is 357 g/mol. The van der Waals surface area contributed by atoms with Gasteiger partial charge in [-0.1, -0.05) is 88.2 Å². The molecule has 138 valence electrons. The molecule has 2 heteroatoms. The first kappa shape index (κ1) is 23.5. The van der Waals surface area contributed by atoms with Crippen molar-refractivity contribution in [1.82, 2.24) is 0 Å². The molecule has 25 heavy (non-hydrogen) atoms. The minimum atomic E-state index is 0.943. The Bertz CT molecular complexity index is 551. The maximum atomic E-state index is 7.33. The summed E-state index contributed by atoms with van der Waals surface area (Å²) in [4.78, 5) is 0. The normalized spacial score (nSPS) is 13.4. The van der Waals surface area contributed by atoms with Gasteiger partial charge in [-0.05, 0) is 48.1 Å². The summed E-state index contributed by atoms with van der Waals surface area (Å²) < 4.78 is 0. The minimum absolute atomic E-state index is 0.943. The van der Waals surface area contributed by atoms with Gasteiger partial charge in [-0.2, -0.15) is 12.6 Å². The second-order valence-electron chi connectivity index (χ2n) is 5.87. The van der Waals surface area contributed by atoms with E-state index in [9.17, 15) is 0 Å². The molecule has 0 atom stereocenters. The lowest BCUT2D eigenvalue weighted by atomic mass is 9.92. The van der Waals surface area contributed by atoms with Crippen LogP contribution < -0.4 is 0 Å². The summed E-state index contributed by atoms with van der Waals surface area (Å²) in [7, 11) is 0. The molecule has 1 aromatic rings. The maximum Gasteiger partial charge on any atom is 0.0206 e. The predicted molar refractivity (Wildman–Crippen MR) is 119 cm³/mol. The molecule has 1 N–H and O–H groups in total. The van der Waals surface area contributed by atoms with Crippen LogP contribution in [0.2, 0.25) is 0 Å². The van der Waals surface area contributed by atoms with Gasteiger partial charge in [-0.3, -0.25) is 0 Å². The molecule has 0 fully saturated rings. The highest BCUT2D eigenvalue weighted by Gasteiger charge is 2.06. The Kier molecular flexibility index (Phi) is 15.0. The largest absolute Gasteiger partial charge is 0.308 e. The lowest BCUT2D eigenvalue weighted by Crippen LogP contribution is -1.93. The summed E-state index contributed by atoms with van der Waals surface area (Å²) >= 11 is 3.79. The molecule has 0 spiro atoms. The predicted octanol–water partition coefficient (Wildman–Crippen LogP) is 7.52. The smallest absolute Gasteiger partial charge is 0.0206 e. The summed E-state index contributed by atoms with van der Waals surface area (Å²) in [6.07, 6.45) is 13.7. The summed E-state index contributed by atoms with van der Waals surface area (Å²) in [5, 5.41) is 7.33. The van der Waals surface area contributed by atoms with Crippen molar-refractivity contribution in [3.8, 4) is 0 Å². The highest BCUT2D eigenvalue weighted by Crippen LogP contribution is 2.27. The van der Waals surface area contributed by atoms with E-state index in [1.807, 2.05) is 6.92 Å².